The van der Waals surface area contributed by atoms with E-state index in [1.54, 1.807) is 18.2 Å². The predicted octanol–water partition coefficient (Wildman–Crippen LogP) is 3.77. The van der Waals surface area contributed by atoms with Crippen molar-refractivity contribution in [3.05, 3.63) is 95.3 Å². The summed E-state index contributed by atoms with van der Waals surface area (Å²) >= 11 is 0. The van der Waals surface area contributed by atoms with E-state index in [4.69, 9.17) is 19.9 Å². The van der Waals surface area contributed by atoms with Crippen LogP contribution in [0, 0.1) is 0 Å². The van der Waals surface area contributed by atoms with E-state index in [1.807, 2.05) is 36.4 Å². The molecular weight excluding hydrogens is 481 g/mol. The van der Waals surface area contributed by atoms with Gasteiger partial charge in [0.15, 0.2) is 12.5 Å². The first-order chi connectivity index (χ1) is 17.3. The number of nitrogens with zero attached hydrogens (tertiary/aromatic N) is 2. The van der Waals surface area contributed by atoms with E-state index in [-0.39, 0.29) is 5.82 Å². The fourth-order valence-corrected chi connectivity index (χ4v) is 4.02. The summed E-state index contributed by atoms with van der Waals surface area (Å²) in [4.78, 5) is 19.7. The first kappa shape index (κ1) is 25.6. The lowest BCUT2D eigenvalue weighted by Crippen LogP contribution is -2.38. The number of rotatable bonds is 11. The number of anilines is 1. The topological polar surface area (TPSA) is 135 Å². The summed E-state index contributed by atoms with van der Waals surface area (Å²) in [6, 6.07) is 21.5. The molecule has 0 spiro atoms. The van der Waals surface area contributed by atoms with Crippen LogP contribution in [0.25, 0.3) is 11.3 Å². The fraction of sp³-hybridized carbons (Fsp3) is 0.231. The Balaban J connectivity index is 1.37. The van der Waals surface area contributed by atoms with Crippen LogP contribution in [0.15, 0.2) is 77.4 Å². The normalized spacial score (nSPS) is 12.9. The van der Waals surface area contributed by atoms with Crippen molar-refractivity contribution in [3.8, 4) is 17.1 Å². The maximum atomic E-state index is 10.9. The second-order valence-electron chi connectivity index (χ2n) is 8.37. The molecule has 9 nitrogen and oxygen atoms in total. The molecule has 0 radical (unpaired) electrons. The predicted molar refractivity (Wildman–Crippen MR) is 131 cm³/mol. The van der Waals surface area contributed by atoms with E-state index in [2.05, 4.69) is 28.7 Å². The second kappa shape index (κ2) is 11.5. The standard InChI is InChI=1S/C26H28N3O6P/c1-2-5-19-6-3-7-23(15-19)33-17-21-11-9-20(10-12-21)14-22-16-25(35-28-22)24-8-4-13-29(26(24)27)18-34-36(30,31)32/h3-4,6-13,15-16,27H,2,5,14,17-18H2,1H3,(H2,30,31,32). The average molecular weight is 509 g/mol. The fourth-order valence-electron chi connectivity index (χ4n) is 3.75. The molecule has 2 aromatic carbocycles. The Morgan fingerprint density at radius 3 is 2.61 bits per heavy atom. The summed E-state index contributed by atoms with van der Waals surface area (Å²) in [5, 5.41) is 4.14. The van der Waals surface area contributed by atoms with Gasteiger partial charge >= 0.3 is 0 Å². The molecule has 3 N–H and O–H groups in total. The minimum Gasteiger partial charge on any atom is -0.756 e. The zero-order valence-corrected chi connectivity index (χ0v) is 20.8. The van der Waals surface area contributed by atoms with Crippen molar-refractivity contribution in [3.63, 3.8) is 0 Å². The molecule has 0 aliphatic heterocycles. The third kappa shape index (κ3) is 7.02. The zero-order valence-electron chi connectivity index (χ0n) is 19.9. The molecule has 0 fully saturated rings. The number of nitrogens with two attached hydrogens (primary N) is 1. The average Bonchev–Trinajstić information content (AvgIpc) is 3.31. The Morgan fingerprint density at radius 1 is 1.08 bits per heavy atom. The SMILES string of the molecule is CCCc1cccc(OCc2ccc(Cc3cc(-c4ccc[n+](COP(=O)([O-])O)c4N)on3)cc2)c1. The molecule has 2 aromatic heterocycles. The molecule has 0 saturated heterocycles. The van der Waals surface area contributed by atoms with Crippen molar-refractivity contribution in [2.45, 2.75) is 39.5 Å². The number of benzene rings is 2. The van der Waals surface area contributed by atoms with Gasteiger partial charge in [-0.05, 0) is 47.4 Å². The Labute approximate surface area is 209 Å². The smallest absolute Gasteiger partial charge is 0.285 e. The van der Waals surface area contributed by atoms with Crippen molar-refractivity contribution in [2.24, 2.45) is 0 Å². The van der Waals surface area contributed by atoms with Gasteiger partial charge in [-0.1, -0.05) is 54.9 Å². The molecule has 2 heterocycles. The second-order valence-corrected chi connectivity index (χ2v) is 9.56. The Hall–Kier alpha value is -3.49. The lowest BCUT2D eigenvalue weighted by atomic mass is 10.1. The van der Waals surface area contributed by atoms with Crippen LogP contribution >= 0.6 is 7.82 Å². The maximum Gasteiger partial charge on any atom is 0.285 e. The summed E-state index contributed by atoms with van der Waals surface area (Å²) in [5.41, 5.74) is 10.8. The molecule has 0 saturated carbocycles. The van der Waals surface area contributed by atoms with Crippen molar-refractivity contribution < 1.29 is 32.7 Å². The molecular formula is C26H28N3O6P. The van der Waals surface area contributed by atoms with Crippen LogP contribution in [0.1, 0.15) is 35.7 Å². The highest BCUT2D eigenvalue weighted by Crippen LogP contribution is 2.30. The van der Waals surface area contributed by atoms with Crippen molar-refractivity contribution in [2.75, 3.05) is 5.73 Å². The molecule has 1 atom stereocenters. The first-order valence-electron chi connectivity index (χ1n) is 11.5. The van der Waals surface area contributed by atoms with Crippen LogP contribution in [-0.4, -0.2) is 10.1 Å². The molecule has 10 heteroatoms. The van der Waals surface area contributed by atoms with Crippen LogP contribution in [0.5, 0.6) is 5.75 Å². The molecule has 0 aliphatic rings. The maximum absolute atomic E-state index is 10.9. The van der Waals surface area contributed by atoms with E-state index in [9.17, 15) is 9.46 Å². The molecule has 4 aromatic rings. The van der Waals surface area contributed by atoms with Gasteiger partial charge in [-0.15, -0.1) is 0 Å². The van der Waals surface area contributed by atoms with Gasteiger partial charge in [0.2, 0.25) is 0 Å². The van der Waals surface area contributed by atoms with E-state index >= 15 is 0 Å². The Kier molecular flexibility index (Phi) is 8.18. The zero-order chi connectivity index (χ0) is 25.5. The van der Waals surface area contributed by atoms with E-state index in [0.29, 0.717) is 30.0 Å². The van der Waals surface area contributed by atoms with Crippen LogP contribution < -0.4 is 19.9 Å². The molecule has 1 unspecified atom stereocenters. The lowest BCUT2D eigenvalue weighted by molar-refractivity contribution is -0.712. The molecule has 0 bridgehead atoms. The van der Waals surface area contributed by atoms with Crippen LogP contribution in [0.3, 0.4) is 0 Å². The summed E-state index contributed by atoms with van der Waals surface area (Å²) in [6.45, 7) is 2.19. The van der Waals surface area contributed by atoms with Crippen molar-refractivity contribution in [1.29, 1.82) is 0 Å². The summed E-state index contributed by atoms with van der Waals surface area (Å²) in [6.07, 6.45) is 4.22. The quantitative estimate of drug-likeness (QED) is 0.230. The van der Waals surface area contributed by atoms with Gasteiger partial charge in [-0.3, -0.25) is 14.8 Å². The van der Waals surface area contributed by atoms with Gasteiger partial charge in [-0.2, -0.15) is 0 Å². The third-order valence-corrected chi connectivity index (χ3v) is 5.99. The number of aromatic nitrogens is 2. The highest BCUT2D eigenvalue weighted by Gasteiger charge is 2.18. The van der Waals surface area contributed by atoms with Gasteiger partial charge in [0.05, 0.1) is 11.9 Å². The minimum atomic E-state index is -4.87. The number of pyridine rings is 1. The Morgan fingerprint density at radius 2 is 1.86 bits per heavy atom. The van der Waals surface area contributed by atoms with Gasteiger partial charge in [0.1, 0.15) is 17.9 Å². The van der Waals surface area contributed by atoms with Crippen LogP contribution in [-0.2, 0) is 35.3 Å². The molecule has 188 valence electrons. The minimum absolute atomic E-state index is 0.207. The number of ether oxygens (including phenoxy) is 1. The lowest BCUT2D eigenvalue weighted by Gasteiger charge is -2.14. The molecule has 0 aliphatic carbocycles. The number of phosphoric ester groups is 1. The third-order valence-electron chi connectivity index (χ3n) is 5.55. The molecule has 0 amide bonds. The summed E-state index contributed by atoms with van der Waals surface area (Å²) < 4.78 is 28.1. The number of hydrogen-bond acceptors (Lipinski definition) is 7. The Bertz CT molecular complexity index is 1350. The van der Waals surface area contributed by atoms with Gasteiger partial charge < -0.3 is 19.0 Å². The van der Waals surface area contributed by atoms with E-state index in [1.165, 1.54) is 16.3 Å². The van der Waals surface area contributed by atoms with Gasteiger partial charge in [0.25, 0.3) is 13.6 Å². The highest BCUT2D eigenvalue weighted by atomic mass is 31.2. The number of hydrogen-bond donors (Lipinski definition) is 2. The monoisotopic (exact) mass is 509 g/mol. The summed E-state index contributed by atoms with van der Waals surface area (Å²) in [5.74, 6) is 1.51. The molecule has 4 rings (SSSR count). The van der Waals surface area contributed by atoms with Crippen molar-refractivity contribution >= 4 is 13.6 Å². The van der Waals surface area contributed by atoms with E-state index < -0.39 is 14.6 Å². The number of phosphoric acid groups is 1. The van der Waals surface area contributed by atoms with E-state index in [0.717, 1.165) is 29.7 Å². The van der Waals surface area contributed by atoms with Crippen LogP contribution in [0.4, 0.5) is 5.82 Å². The first-order valence-corrected chi connectivity index (χ1v) is 13.0. The highest BCUT2D eigenvalue weighted by molar-refractivity contribution is 7.44. The summed E-state index contributed by atoms with van der Waals surface area (Å²) in [7, 11) is -4.87. The molecule has 36 heavy (non-hydrogen) atoms. The van der Waals surface area contributed by atoms with Gasteiger partial charge in [-0.25, -0.2) is 4.57 Å². The van der Waals surface area contributed by atoms with Gasteiger partial charge in [0, 0.05) is 12.5 Å². The number of aryl methyl sites for hydroxylation is 1. The van der Waals surface area contributed by atoms with Crippen LogP contribution in [0.2, 0.25) is 0 Å². The largest absolute Gasteiger partial charge is 0.756 e. The number of nitrogen functional groups attached to an aromatic ring is 1. The van der Waals surface area contributed by atoms with Crippen molar-refractivity contribution in [1.82, 2.24) is 5.16 Å².